The van der Waals surface area contributed by atoms with Crippen molar-refractivity contribution in [1.82, 2.24) is 20.1 Å². The van der Waals surface area contributed by atoms with Crippen molar-refractivity contribution in [3.8, 4) is 16.9 Å². The summed E-state index contributed by atoms with van der Waals surface area (Å²) >= 11 is 0. The number of ether oxygens (including phenoxy) is 1. The molecule has 3 heterocycles. The lowest BCUT2D eigenvalue weighted by Crippen LogP contribution is -2.39. The highest BCUT2D eigenvalue weighted by atomic mass is 16.5. The first-order valence-corrected chi connectivity index (χ1v) is 9.63. The van der Waals surface area contributed by atoms with E-state index >= 15 is 0 Å². The number of para-hydroxylation sites is 1. The fourth-order valence-corrected chi connectivity index (χ4v) is 3.96. The number of H-pyrrole nitrogens is 1. The Labute approximate surface area is 164 Å². The van der Waals surface area contributed by atoms with E-state index in [2.05, 4.69) is 15.2 Å². The number of nitrogens with zero attached hydrogens (tertiary/aromatic N) is 3. The first-order chi connectivity index (χ1) is 13.8. The van der Waals surface area contributed by atoms with Gasteiger partial charge in [0.25, 0.3) is 0 Å². The number of nitrogens with one attached hydrogen (secondary N) is 1. The molecule has 1 N–H and O–H groups in total. The molecule has 144 valence electrons. The molecule has 1 aliphatic rings. The molecule has 1 aliphatic heterocycles. The van der Waals surface area contributed by atoms with Gasteiger partial charge < -0.3 is 9.64 Å². The molecule has 1 aromatic carbocycles. The van der Waals surface area contributed by atoms with Gasteiger partial charge in [0.1, 0.15) is 5.75 Å². The number of pyridine rings is 1. The second-order valence-electron chi connectivity index (χ2n) is 7.02. The van der Waals surface area contributed by atoms with Crippen LogP contribution in [-0.2, 0) is 11.2 Å². The van der Waals surface area contributed by atoms with Crippen LogP contribution >= 0.6 is 0 Å². The molecule has 0 aliphatic carbocycles. The molecule has 0 radical (unpaired) electrons. The Morgan fingerprint density at radius 2 is 2.04 bits per heavy atom. The van der Waals surface area contributed by atoms with Crippen molar-refractivity contribution in [3.63, 3.8) is 0 Å². The van der Waals surface area contributed by atoms with Crippen molar-refractivity contribution < 1.29 is 9.53 Å². The summed E-state index contributed by atoms with van der Waals surface area (Å²) in [6, 6.07) is 11.6. The van der Waals surface area contributed by atoms with Crippen LogP contribution in [0.5, 0.6) is 5.75 Å². The van der Waals surface area contributed by atoms with Gasteiger partial charge in [0, 0.05) is 30.1 Å². The van der Waals surface area contributed by atoms with E-state index in [4.69, 9.17) is 4.74 Å². The van der Waals surface area contributed by atoms with Crippen LogP contribution in [0.15, 0.2) is 55.0 Å². The van der Waals surface area contributed by atoms with Crippen LogP contribution in [0.4, 0.5) is 0 Å². The van der Waals surface area contributed by atoms with Crippen molar-refractivity contribution in [2.24, 2.45) is 0 Å². The molecule has 6 nitrogen and oxygen atoms in total. The van der Waals surface area contributed by atoms with E-state index in [-0.39, 0.29) is 11.9 Å². The monoisotopic (exact) mass is 376 g/mol. The van der Waals surface area contributed by atoms with Crippen molar-refractivity contribution in [2.75, 3.05) is 13.7 Å². The molecular weight excluding hydrogens is 352 g/mol. The lowest BCUT2D eigenvalue weighted by atomic mass is 9.94. The zero-order chi connectivity index (χ0) is 19.3. The van der Waals surface area contributed by atoms with Crippen LogP contribution in [0.1, 0.15) is 36.6 Å². The van der Waals surface area contributed by atoms with E-state index in [0.29, 0.717) is 6.42 Å². The lowest BCUT2D eigenvalue weighted by Gasteiger charge is -2.36. The summed E-state index contributed by atoms with van der Waals surface area (Å²) in [5.41, 5.74) is 4.00. The van der Waals surface area contributed by atoms with Crippen LogP contribution in [0.2, 0.25) is 0 Å². The summed E-state index contributed by atoms with van der Waals surface area (Å²) in [6.07, 6.45) is 8.76. The number of amides is 1. The first-order valence-electron chi connectivity index (χ1n) is 9.63. The third-order valence-corrected chi connectivity index (χ3v) is 5.35. The van der Waals surface area contributed by atoms with Crippen LogP contribution in [0.3, 0.4) is 0 Å². The van der Waals surface area contributed by atoms with Gasteiger partial charge in [-0.25, -0.2) is 0 Å². The fraction of sp³-hybridized carbons (Fsp3) is 0.318. The molecular formula is C22H24N4O2. The zero-order valence-electron chi connectivity index (χ0n) is 16.0. The van der Waals surface area contributed by atoms with Crippen molar-refractivity contribution in [2.45, 2.75) is 31.7 Å². The zero-order valence-corrected chi connectivity index (χ0v) is 16.0. The third-order valence-electron chi connectivity index (χ3n) is 5.35. The quantitative estimate of drug-likeness (QED) is 0.736. The largest absolute Gasteiger partial charge is 0.496 e. The highest BCUT2D eigenvalue weighted by Crippen LogP contribution is 2.36. The predicted molar refractivity (Wildman–Crippen MR) is 107 cm³/mol. The minimum absolute atomic E-state index is 0.00150. The molecule has 6 heteroatoms. The Morgan fingerprint density at radius 1 is 1.21 bits per heavy atom. The SMILES string of the molecule is COc1ccccc1CC(=O)N1CCCCC1c1[nH]ncc1-c1ccncc1. The van der Waals surface area contributed by atoms with Gasteiger partial charge in [-0.1, -0.05) is 18.2 Å². The number of carbonyl (C=O) groups is 1. The van der Waals surface area contributed by atoms with E-state index in [0.717, 1.165) is 53.9 Å². The lowest BCUT2D eigenvalue weighted by molar-refractivity contribution is -0.134. The molecule has 1 amide bonds. The standard InChI is InChI=1S/C22H24N4O2/c1-28-20-8-3-2-6-17(20)14-21(27)26-13-5-4-7-19(26)22-18(15-24-25-22)16-9-11-23-12-10-16/h2-3,6,8-12,15,19H,4-5,7,13-14H2,1H3,(H,24,25). The molecule has 1 unspecified atom stereocenters. The Hall–Kier alpha value is -3.15. The predicted octanol–water partition coefficient (Wildman–Crippen LogP) is 3.78. The van der Waals surface area contributed by atoms with Gasteiger partial charge in [0.05, 0.1) is 31.5 Å². The van der Waals surface area contributed by atoms with Gasteiger partial charge in [-0.05, 0) is 43.0 Å². The van der Waals surface area contributed by atoms with Crippen molar-refractivity contribution in [3.05, 3.63) is 66.2 Å². The summed E-state index contributed by atoms with van der Waals surface area (Å²) in [5.74, 6) is 0.868. The van der Waals surface area contributed by atoms with Crippen LogP contribution in [0, 0.1) is 0 Å². The van der Waals surface area contributed by atoms with Crippen LogP contribution < -0.4 is 4.74 Å². The number of rotatable bonds is 5. The molecule has 28 heavy (non-hydrogen) atoms. The maximum Gasteiger partial charge on any atom is 0.227 e. The minimum atomic E-state index is 0.00150. The average molecular weight is 376 g/mol. The van der Waals surface area contributed by atoms with E-state index < -0.39 is 0 Å². The maximum absolute atomic E-state index is 13.2. The smallest absolute Gasteiger partial charge is 0.227 e. The third kappa shape index (κ3) is 3.63. The summed E-state index contributed by atoms with van der Waals surface area (Å²) in [5, 5.41) is 7.43. The summed E-state index contributed by atoms with van der Waals surface area (Å²) in [7, 11) is 1.64. The second kappa shape index (κ2) is 8.25. The summed E-state index contributed by atoms with van der Waals surface area (Å²) < 4.78 is 5.42. The number of hydrogen-bond acceptors (Lipinski definition) is 4. The Balaban J connectivity index is 1.61. The van der Waals surface area contributed by atoms with Gasteiger partial charge in [0.2, 0.25) is 5.91 Å². The molecule has 1 saturated heterocycles. The number of aromatic amines is 1. The summed E-state index contributed by atoms with van der Waals surface area (Å²) in [6.45, 7) is 0.757. The van der Waals surface area contributed by atoms with Gasteiger partial charge in [-0.2, -0.15) is 5.10 Å². The minimum Gasteiger partial charge on any atom is -0.496 e. The van der Waals surface area contributed by atoms with Crippen LogP contribution in [-0.4, -0.2) is 39.6 Å². The topological polar surface area (TPSA) is 71.1 Å². The first kappa shape index (κ1) is 18.2. The molecule has 4 rings (SSSR count). The van der Waals surface area contributed by atoms with E-state index in [9.17, 15) is 4.79 Å². The Morgan fingerprint density at radius 3 is 2.86 bits per heavy atom. The molecule has 1 fully saturated rings. The van der Waals surface area contributed by atoms with E-state index in [1.54, 1.807) is 19.5 Å². The summed E-state index contributed by atoms with van der Waals surface area (Å²) in [4.78, 5) is 19.3. The highest BCUT2D eigenvalue weighted by molar-refractivity contribution is 5.80. The van der Waals surface area contributed by atoms with E-state index in [1.807, 2.05) is 47.5 Å². The molecule has 1 atom stereocenters. The van der Waals surface area contributed by atoms with Gasteiger partial charge in [-0.15, -0.1) is 0 Å². The number of methoxy groups -OCH3 is 1. The van der Waals surface area contributed by atoms with E-state index in [1.165, 1.54) is 0 Å². The number of likely N-dealkylation sites (tertiary alicyclic amines) is 1. The molecule has 0 bridgehead atoms. The highest BCUT2D eigenvalue weighted by Gasteiger charge is 2.31. The van der Waals surface area contributed by atoms with Gasteiger partial charge >= 0.3 is 0 Å². The van der Waals surface area contributed by atoms with Crippen LogP contribution in [0.25, 0.3) is 11.1 Å². The van der Waals surface area contributed by atoms with Crippen molar-refractivity contribution >= 4 is 5.91 Å². The Kier molecular flexibility index (Phi) is 5.37. The maximum atomic E-state index is 13.2. The van der Waals surface area contributed by atoms with Gasteiger partial charge in [-0.3, -0.25) is 14.9 Å². The second-order valence-corrected chi connectivity index (χ2v) is 7.02. The number of aromatic nitrogens is 3. The van der Waals surface area contributed by atoms with Crippen molar-refractivity contribution in [1.29, 1.82) is 0 Å². The number of carbonyl (C=O) groups excluding carboxylic acids is 1. The normalized spacial score (nSPS) is 16.8. The number of hydrogen-bond donors (Lipinski definition) is 1. The molecule has 0 saturated carbocycles. The average Bonchev–Trinajstić information content (AvgIpc) is 3.24. The molecule has 0 spiro atoms. The molecule has 3 aromatic rings. The fourth-order valence-electron chi connectivity index (χ4n) is 3.96. The number of benzene rings is 1. The number of piperidine rings is 1. The molecule has 2 aromatic heterocycles. The van der Waals surface area contributed by atoms with Gasteiger partial charge in [0.15, 0.2) is 0 Å². The Bertz CT molecular complexity index is 938.